The van der Waals surface area contributed by atoms with E-state index in [0.717, 1.165) is 42.4 Å². The van der Waals surface area contributed by atoms with Crippen LogP contribution in [0.4, 0.5) is 0 Å². The third-order valence-electron chi connectivity index (χ3n) is 7.90. The molecule has 6 rings (SSSR count). The lowest BCUT2D eigenvalue weighted by Gasteiger charge is -2.24. The molecule has 208 valence electrons. The Kier molecular flexibility index (Phi) is 6.42. The molecular weight excluding hydrogens is 512 g/mol. The molecule has 1 aliphatic heterocycles. The first-order valence-corrected chi connectivity index (χ1v) is 13.3. The number of nitrogens with zero attached hydrogens (tertiary/aromatic N) is 1. The van der Waals surface area contributed by atoms with Gasteiger partial charge >= 0.3 is 5.69 Å². The van der Waals surface area contributed by atoms with Gasteiger partial charge in [-0.25, -0.2) is 4.79 Å². The maximum absolute atomic E-state index is 12.5. The lowest BCUT2D eigenvalue weighted by Crippen LogP contribution is -2.39. The number of aliphatic hydroxyl groups excluding tert-OH is 2. The van der Waals surface area contributed by atoms with Crippen molar-refractivity contribution in [1.29, 1.82) is 0 Å². The van der Waals surface area contributed by atoms with E-state index in [9.17, 15) is 19.8 Å². The van der Waals surface area contributed by atoms with Crippen LogP contribution in [0.3, 0.4) is 0 Å². The fourth-order valence-corrected chi connectivity index (χ4v) is 5.76. The van der Waals surface area contributed by atoms with Crippen molar-refractivity contribution in [3.8, 4) is 5.75 Å². The minimum Gasteiger partial charge on any atom is -0.496 e. The van der Waals surface area contributed by atoms with Crippen LogP contribution < -0.4 is 16.0 Å². The predicted molar refractivity (Wildman–Crippen MR) is 152 cm³/mol. The van der Waals surface area contributed by atoms with Gasteiger partial charge in [0.2, 0.25) is 0 Å². The molecule has 0 bridgehead atoms. The summed E-state index contributed by atoms with van der Waals surface area (Å²) in [6, 6.07) is 16.0. The maximum atomic E-state index is 12.5. The van der Waals surface area contributed by atoms with Gasteiger partial charge < -0.3 is 24.4 Å². The van der Waals surface area contributed by atoms with E-state index in [-0.39, 0.29) is 12.0 Å². The van der Waals surface area contributed by atoms with Crippen LogP contribution in [0, 0.1) is 0 Å². The number of H-pyrrole nitrogens is 1. The fourth-order valence-electron chi connectivity index (χ4n) is 5.76. The highest BCUT2D eigenvalue weighted by atomic mass is 16.6. The molecule has 2 unspecified atom stereocenters. The molecule has 4 atom stereocenters. The third-order valence-corrected chi connectivity index (χ3v) is 7.90. The van der Waals surface area contributed by atoms with Crippen molar-refractivity contribution in [1.82, 2.24) is 9.55 Å². The van der Waals surface area contributed by atoms with Gasteiger partial charge in [0.1, 0.15) is 24.1 Å². The van der Waals surface area contributed by atoms with E-state index in [2.05, 4.69) is 62.2 Å². The van der Waals surface area contributed by atoms with Gasteiger partial charge in [0, 0.05) is 23.0 Å². The summed E-state index contributed by atoms with van der Waals surface area (Å²) in [5.41, 5.74) is 0.849. The Labute approximate surface area is 229 Å². The van der Waals surface area contributed by atoms with E-state index < -0.39 is 42.4 Å². The highest BCUT2D eigenvalue weighted by Crippen LogP contribution is 2.42. The van der Waals surface area contributed by atoms with E-state index in [1.165, 1.54) is 17.8 Å². The van der Waals surface area contributed by atoms with E-state index in [0.29, 0.717) is 5.75 Å². The molecule has 0 spiro atoms. The second-order valence-corrected chi connectivity index (χ2v) is 11.4. The largest absolute Gasteiger partial charge is 0.496 e. The van der Waals surface area contributed by atoms with E-state index in [1.54, 1.807) is 7.11 Å². The molecule has 1 fully saturated rings. The standard InChI is InChI=1S/C31H32N2O7/c1-31(2,3)19-11-16-5-7-20-18(13-22(38-4)21-8-6-17(12-19)25(16)26(20)21)15-39-28-27(36)23(14-34)40-29(28)33-10-9-24(35)32-30(33)37/h5-13,23,27-29,34,36H,14-15H2,1-4H3,(H,32,35,37)/t23-,27?,28?,29-/m0/s1. The Bertz CT molecular complexity index is 1820. The summed E-state index contributed by atoms with van der Waals surface area (Å²) in [6.07, 6.45) is -2.90. The Balaban J connectivity index is 1.44. The first kappa shape index (κ1) is 26.5. The Morgan fingerprint density at radius 2 is 1.70 bits per heavy atom. The molecule has 0 saturated carbocycles. The summed E-state index contributed by atoms with van der Waals surface area (Å²) in [5.74, 6) is 0.699. The average molecular weight is 545 g/mol. The van der Waals surface area contributed by atoms with Gasteiger partial charge in [-0.05, 0) is 50.2 Å². The Morgan fingerprint density at radius 1 is 1.00 bits per heavy atom. The molecule has 1 saturated heterocycles. The second-order valence-electron chi connectivity index (χ2n) is 11.4. The van der Waals surface area contributed by atoms with Gasteiger partial charge in [-0.3, -0.25) is 14.3 Å². The van der Waals surface area contributed by atoms with Gasteiger partial charge in [-0.1, -0.05) is 51.1 Å². The van der Waals surface area contributed by atoms with E-state index >= 15 is 0 Å². The van der Waals surface area contributed by atoms with Gasteiger partial charge in [0.25, 0.3) is 5.56 Å². The van der Waals surface area contributed by atoms with Crippen molar-refractivity contribution in [2.75, 3.05) is 13.7 Å². The Morgan fingerprint density at radius 3 is 2.33 bits per heavy atom. The van der Waals surface area contributed by atoms with Crippen molar-refractivity contribution >= 4 is 32.3 Å². The number of ether oxygens (including phenoxy) is 3. The number of aromatic nitrogens is 2. The fraction of sp³-hybridized carbons (Fsp3) is 0.355. The smallest absolute Gasteiger partial charge is 0.330 e. The highest BCUT2D eigenvalue weighted by molar-refractivity contribution is 6.25. The van der Waals surface area contributed by atoms with Crippen LogP contribution in [-0.4, -0.2) is 51.8 Å². The number of hydrogen-bond acceptors (Lipinski definition) is 7. The first-order valence-electron chi connectivity index (χ1n) is 13.3. The van der Waals surface area contributed by atoms with Crippen LogP contribution in [-0.2, 0) is 21.5 Å². The lowest BCUT2D eigenvalue weighted by molar-refractivity contribution is -0.0795. The average Bonchev–Trinajstić information content (AvgIpc) is 3.24. The summed E-state index contributed by atoms with van der Waals surface area (Å²) < 4.78 is 19.0. The van der Waals surface area contributed by atoms with Crippen LogP contribution in [0.25, 0.3) is 32.3 Å². The van der Waals surface area contributed by atoms with E-state index in [1.807, 2.05) is 6.07 Å². The molecule has 0 amide bonds. The molecule has 3 N–H and O–H groups in total. The van der Waals surface area contributed by atoms with Crippen molar-refractivity contribution < 1.29 is 24.4 Å². The summed E-state index contributed by atoms with van der Waals surface area (Å²) in [6.45, 7) is 6.23. The number of aliphatic hydroxyl groups is 2. The predicted octanol–water partition coefficient (Wildman–Crippen LogP) is 3.58. The van der Waals surface area contributed by atoms with Gasteiger partial charge in [-0.15, -0.1) is 0 Å². The quantitative estimate of drug-likeness (QED) is 0.279. The molecule has 2 heterocycles. The summed E-state index contributed by atoms with van der Waals surface area (Å²) in [5, 5.41) is 27.1. The molecule has 1 aromatic heterocycles. The molecular formula is C31H32N2O7. The number of aromatic amines is 1. The number of hydrogen-bond donors (Lipinski definition) is 3. The van der Waals surface area contributed by atoms with E-state index in [4.69, 9.17) is 14.2 Å². The second kappa shape index (κ2) is 9.71. The molecule has 4 aromatic carbocycles. The van der Waals surface area contributed by atoms with Crippen molar-refractivity contribution in [3.05, 3.63) is 86.7 Å². The van der Waals surface area contributed by atoms with Crippen LogP contribution >= 0.6 is 0 Å². The molecule has 9 heteroatoms. The van der Waals surface area contributed by atoms with Crippen LogP contribution in [0.5, 0.6) is 5.75 Å². The zero-order valence-corrected chi connectivity index (χ0v) is 22.8. The summed E-state index contributed by atoms with van der Waals surface area (Å²) in [4.78, 5) is 26.3. The van der Waals surface area contributed by atoms with Gasteiger partial charge in [0.15, 0.2) is 6.23 Å². The van der Waals surface area contributed by atoms with Crippen LogP contribution in [0.2, 0.25) is 0 Å². The zero-order valence-electron chi connectivity index (χ0n) is 22.8. The van der Waals surface area contributed by atoms with Crippen LogP contribution in [0.1, 0.15) is 38.1 Å². The third kappa shape index (κ3) is 4.26. The maximum Gasteiger partial charge on any atom is 0.330 e. The molecule has 0 radical (unpaired) electrons. The van der Waals surface area contributed by atoms with Crippen molar-refractivity contribution in [3.63, 3.8) is 0 Å². The molecule has 5 aromatic rings. The van der Waals surface area contributed by atoms with Crippen LogP contribution in [0.15, 0.2) is 64.3 Å². The lowest BCUT2D eigenvalue weighted by atomic mass is 9.83. The normalized spacial score (nSPS) is 21.6. The SMILES string of the molecule is COc1cc(COC2C(O)[C@H](CO)O[C@@H]2n2ccc(=O)[nH]c2=O)c2ccc3cc(C(C)(C)C)cc4ccc1c2c34. The van der Waals surface area contributed by atoms with Gasteiger partial charge in [0.05, 0.1) is 20.3 Å². The topological polar surface area (TPSA) is 123 Å². The molecule has 1 aliphatic rings. The summed E-state index contributed by atoms with van der Waals surface area (Å²) in [7, 11) is 1.63. The number of rotatable bonds is 6. The number of nitrogens with one attached hydrogen (secondary N) is 1. The van der Waals surface area contributed by atoms with Crippen molar-refractivity contribution in [2.24, 2.45) is 0 Å². The molecule has 0 aliphatic carbocycles. The van der Waals surface area contributed by atoms with Crippen molar-refractivity contribution in [2.45, 2.75) is 57.3 Å². The number of methoxy groups -OCH3 is 1. The monoisotopic (exact) mass is 544 g/mol. The zero-order chi connectivity index (χ0) is 28.3. The molecule has 40 heavy (non-hydrogen) atoms. The minimum atomic E-state index is -1.20. The minimum absolute atomic E-state index is 0.00202. The number of benzene rings is 4. The molecule has 9 nitrogen and oxygen atoms in total. The summed E-state index contributed by atoms with van der Waals surface area (Å²) >= 11 is 0. The Hall–Kier alpha value is -3.76. The first-order chi connectivity index (χ1) is 19.1. The van der Waals surface area contributed by atoms with Gasteiger partial charge in [-0.2, -0.15) is 0 Å². The highest BCUT2D eigenvalue weighted by Gasteiger charge is 2.45.